The molecule has 0 saturated carbocycles. The first-order valence-corrected chi connectivity index (χ1v) is 14.4. The van der Waals surface area contributed by atoms with Crippen LogP contribution in [0.4, 0.5) is 0 Å². The van der Waals surface area contributed by atoms with Crippen molar-refractivity contribution in [2.45, 2.75) is 6.92 Å². The molecule has 0 spiro atoms. The smallest absolute Gasteiger partial charge is 0.00215 e. The van der Waals surface area contributed by atoms with Gasteiger partial charge in [0.1, 0.15) is 0 Å². The van der Waals surface area contributed by atoms with Crippen LogP contribution in [-0.2, 0) is 0 Å². The van der Waals surface area contributed by atoms with E-state index in [1.807, 2.05) is 0 Å². The van der Waals surface area contributed by atoms with Crippen molar-refractivity contribution in [1.82, 2.24) is 0 Å². The molecule has 1 heteroatoms. The fraction of sp³-hybridized carbons (Fsp3) is 0.0270. The molecule has 0 heterocycles. The molecule has 6 rings (SSSR count). The maximum Gasteiger partial charge on any atom is -0.00215 e. The molecule has 6 aromatic carbocycles. The largest absolute Gasteiger partial charge is 0.0622 e. The molecular weight excluding hydrogens is 475 g/mol. The van der Waals surface area contributed by atoms with E-state index < -0.39 is 7.92 Å². The second-order valence-corrected chi connectivity index (χ2v) is 11.7. The van der Waals surface area contributed by atoms with Crippen LogP contribution in [-0.4, -0.2) is 0 Å². The van der Waals surface area contributed by atoms with E-state index in [2.05, 4.69) is 165 Å². The van der Waals surface area contributed by atoms with E-state index in [0.29, 0.717) is 0 Å². The van der Waals surface area contributed by atoms with Gasteiger partial charge in [-0.15, -0.1) is 0 Å². The zero-order chi connectivity index (χ0) is 25.7. The third-order valence-electron chi connectivity index (χ3n) is 6.92. The van der Waals surface area contributed by atoms with Gasteiger partial charge in [-0.25, -0.2) is 0 Å². The quantitative estimate of drug-likeness (QED) is 0.158. The molecule has 0 fully saturated rings. The molecule has 182 valence electrons. The van der Waals surface area contributed by atoms with Gasteiger partial charge in [0.2, 0.25) is 0 Å². The number of benzene rings is 6. The Balaban J connectivity index is 1.65. The van der Waals surface area contributed by atoms with Crippen LogP contribution >= 0.6 is 7.92 Å². The normalized spacial score (nSPS) is 11.7. The Morgan fingerprint density at radius 2 is 1.08 bits per heavy atom. The Labute approximate surface area is 226 Å². The van der Waals surface area contributed by atoms with Crippen LogP contribution in [0.15, 0.2) is 152 Å². The summed E-state index contributed by atoms with van der Waals surface area (Å²) < 4.78 is 0. The van der Waals surface area contributed by atoms with Gasteiger partial charge in [0.05, 0.1) is 0 Å². The average molecular weight is 505 g/mol. The molecule has 0 aliphatic heterocycles. The Morgan fingerprint density at radius 1 is 0.526 bits per heavy atom. The minimum atomic E-state index is -0.746. The lowest BCUT2D eigenvalue weighted by atomic mass is 9.91. The van der Waals surface area contributed by atoms with Crippen molar-refractivity contribution in [2.24, 2.45) is 0 Å². The molecule has 6 aromatic rings. The summed E-state index contributed by atoms with van der Waals surface area (Å²) >= 11 is 0. The molecule has 0 nitrogen and oxygen atoms in total. The minimum absolute atomic E-state index is 0.746. The van der Waals surface area contributed by atoms with Crippen LogP contribution in [0.3, 0.4) is 0 Å². The third kappa shape index (κ3) is 4.97. The topological polar surface area (TPSA) is 0 Å². The van der Waals surface area contributed by atoms with Crippen molar-refractivity contribution >= 4 is 46.3 Å². The zero-order valence-corrected chi connectivity index (χ0v) is 22.4. The Morgan fingerprint density at radius 3 is 1.68 bits per heavy atom. The molecule has 0 radical (unpaired) electrons. The fourth-order valence-electron chi connectivity index (χ4n) is 5.08. The first-order chi connectivity index (χ1) is 18.8. The molecule has 0 atom stereocenters. The van der Waals surface area contributed by atoms with Gasteiger partial charge in [0, 0.05) is 0 Å². The lowest BCUT2D eigenvalue weighted by Crippen LogP contribution is -2.21. The molecule has 38 heavy (non-hydrogen) atoms. The molecule has 0 unspecified atom stereocenters. The lowest BCUT2D eigenvalue weighted by Gasteiger charge is -2.23. The van der Waals surface area contributed by atoms with Crippen LogP contribution in [0.2, 0.25) is 0 Å². The SMILES string of the molecule is Cc1ccc(/C=C(\c2ccccc2)c2cccc3cccc(P(c4ccccc4)c4ccccc4)c23)cc1. The van der Waals surface area contributed by atoms with E-state index in [9.17, 15) is 0 Å². The molecular formula is C37H29P. The number of aryl methyl sites for hydroxylation is 1. The van der Waals surface area contributed by atoms with E-state index >= 15 is 0 Å². The molecule has 0 aliphatic carbocycles. The van der Waals surface area contributed by atoms with Gasteiger partial charge in [0.25, 0.3) is 0 Å². The van der Waals surface area contributed by atoms with Gasteiger partial charge in [-0.1, -0.05) is 157 Å². The summed E-state index contributed by atoms with van der Waals surface area (Å²) in [6.07, 6.45) is 2.34. The first-order valence-electron chi connectivity index (χ1n) is 13.0. The van der Waals surface area contributed by atoms with Crippen LogP contribution in [0.5, 0.6) is 0 Å². The first kappa shape index (κ1) is 24.1. The van der Waals surface area contributed by atoms with Crippen molar-refractivity contribution in [2.75, 3.05) is 0 Å². The summed E-state index contributed by atoms with van der Waals surface area (Å²) in [4.78, 5) is 0. The van der Waals surface area contributed by atoms with Crippen molar-refractivity contribution in [3.63, 3.8) is 0 Å². The number of fused-ring (bicyclic) bond motifs is 1. The summed E-state index contributed by atoms with van der Waals surface area (Å²) in [5.41, 5.74) is 6.21. The summed E-state index contributed by atoms with van der Waals surface area (Å²) in [5, 5.41) is 6.71. The van der Waals surface area contributed by atoms with Gasteiger partial charge in [-0.2, -0.15) is 0 Å². The number of rotatable bonds is 6. The van der Waals surface area contributed by atoms with E-state index in [-0.39, 0.29) is 0 Å². The molecule has 0 saturated heterocycles. The van der Waals surface area contributed by atoms with E-state index in [1.54, 1.807) is 0 Å². The van der Waals surface area contributed by atoms with Crippen LogP contribution in [0, 0.1) is 6.92 Å². The van der Waals surface area contributed by atoms with Gasteiger partial charge in [-0.05, 0) is 69.9 Å². The van der Waals surface area contributed by atoms with Crippen molar-refractivity contribution in [1.29, 1.82) is 0 Å². The van der Waals surface area contributed by atoms with Gasteiger partial charge >= 0.3 is 0 Å². The fourth-order valence-corrected chi connectivity index (χ4v) is 7.58. The van der Waals surface area contributed by atoms with Gasteiger partial charge in [-0.3, -0.25) is 0 Å². The Bertz CT molecular complexity index is 1640. The van der Waals surface area contributed by atoms with Crippen molar-refractivity contribution in [3.8, 4) is 0 Å². The number of hydrogen-bond acceptors (Lipinski definition) is 0. The van der Waals surface area contributed by atoms with E-state index in [1.165, 1.54) is 54.5 Å². The third-order valence-corrected chi connectivity index (χ3v) is 9.40. The molecule has 0 amide bonds. The summed E-state index contributed by atoms with van der Waals surface area (Å²) in [5.74, 6) is 0. The van der Waals surface area contributed by atoms with Gasteiger partial charge in [0.15, 0.2) is 0 Å². The van der Waals surface area contributed by atoms with Crippen LogP contribution in [0.25, 0.3) is 22.4 Å². The maximum absolute atomic E-state index is 2.34. The maximum atomic E-state index is 2.34. The van der Waals surface area contributed by atoms with E-state index in [4.69, 9.17) is 0 Å². The van der Waals surface area contributed by atoms with Crippen molar-refractivity contribution < 1.29 is 0 Å². The summed E-state index contributed by atoms with van der Waals surface area (Å²) in [7, 11) is -0.746. The highest BCUT2D eigenvalue weighted by Crippen LogP contribution is 2.39. The number of hydrogen-bond donors (Lipinski definition) is 0. The highest BCUT2D eigenvalue weighted by molar-refractivity contribution is 7.80. The standard InChI is InChI=1S/C37H29P/c1-28-23-25-29(26-24-28)27-35(30-13-5-2-6-14-30)34-21-11-15-31-16-12-22-36(37(31)34)38(32-17-7-3-8-18-32)33-19-9-4-10-20-33/h2-27H,1H3/b35-27+. The van der Waals surface area contributed by atoms with Crippen LogP contribution < -0.4 is 15.9 Å². The molecule has 0 bridgehead atoms. The molecule has 0 aromatic heterocycles. The molecule has 0 aliphatic rings. The lowest BCUT2D eigenvalue weighted by molar-refractivity contribution is 1.46. The zero-order valence-electron chi connectivity index (χ0n) is 21.5. The minimum Gasteiger partial charge on any atom is -0.0622 e. The van der Waals surface area contributed by atoms with Crippen molar-refractivity contribution in [3.05, 3.63) is 174 Å². The highest BCUT2D eigenvalue weighted by Gasteiger charge is 2.21. The monoisotopic (exact) mass is 504 g/mol. The van der Waals surface area contributed by atoms with Gasteiger partial charge < -0.3 is 0 Å². The summed E-state index contributed by atoms with van der Waals surface area (Å²) in [6.45, 7) is 2.14. The highest BCUT2D eigenvalue weighted by atomic mass is 31.1. The average Bonchev–Trinajstić information content (AvgIpc) is 2.98. The Hall–Kier alpha value is -4.25. The summed E-state index contributed by atoms with van der Waals surface area (Å²) in [6, 6.07) is 55.1. The predicted molar refractivity (Wildman–Crippen MR) is 167 cm³/mol. The molecule has 0 N–H and O–H groups in total. The van der Waals surface area contributed by atoms with E-state index in [0.717, 1.165) is 0 Å². The second kappa shape index (κ2) is 11.0. The Kier molecular flexibility index (Phi) is 6.99. The predicted octanol–water partition coefficient (Wildman–Crippen LogP) is 8.50. The van der Waals surface area contributed by atoms with Crippen LogP contribution in [0.1, 0.15) is 22.3 Å². The second-order valence-electron chi connectivity index (χ2n) is 9.52.